The molecule has 1 N–H and O–H groups in total. The maximum Gasteiger partial charge on any atom is 0.239 e. The first-order valence-corrected chi connectivity index (χ1v) is 7.33. The summed E-state index contributed by atoms with van der Waals surface area (Å²) >= 11 is 0. The van der Waals surface area contributed by atoms with Crippen LogP contribution in [-0.4, -0.2) is 61.4 Å². The van der Waals surface area contributed by atoms with E-state index >= 15 is 0 Å². The minimum atomic E-state index is 0.00912. The van der Waals surface area contributed by atoms with Gasteiger partial charge in [-0.15, -0.1) is 0 Å². The van der Waals surface area contributed by atoms with Gasteiger partial charge in [-0.3, -0.25) is 9.59 Å². The molecule has 0 aromatic heterocycles. The fraction of sp³-hybridized carbons (Fsp3) is 0.857. The van der Waals surface area contributed by atoms with Gasteiger partial charge in [-0.25, -0.2) is 0 Å². The molecule has 0 spiro atoms. The summed E-state index contributed by atoms with van der Waals surface area (Å²) in [5.74, 6) is 0.525. The molecule has 5 heteroatoms. The topological polar surface area (TPSA) is 52.7 Å². The molecule has 2 rings (SSSR count). The van der Waals surface area contributed by atoms with E-state index in [2.05, 4.69) is 5.32 Å². The first-order chi connectivity index (χ1) is 9.09. The van der Waals surface area contributed by atoms with Gasteiger partial charge in [0, 0.05) is 33.1 Å². The first kappa shape index (κ1) is 14.3. The van der Waals surface area contributed by atoms with Gasteiger partial charge in [0.05, 0.1) is 6.04 Å². The van der Waals surface area contributed by atoms with Crippen molar-refractivity contribution in [3.63, 3.8) is 0 Å². The highest BCUT2D eigenvalue weighted by Crippen LogP contribution is 2.20. The molecule has 2 fully saturated rings. The van der Waals surface area contributed by atoms with E-state index < -0.39 is 0 Å². The summed E-state index contributed by atoms with van der Waals surface area (Å²) in [7, 11) is 3.59. The Morgan fingerprint density at radius 2 is 1.79 bits per heavy atom. The van der Waals surface area contributed by atoms with Crippen LogP contribution in [0.1, 0.15) is 32.1 Å². The molecule has 2 saturated heterocycles. The van der Waals surface area contributed by atoms with Gasteiger partial charge in [-0.1, -0.05) is 6.42 Å². The molecule has 19 heavy (non-hydrogen) atoms. The lowest BCUT2D eigenvalue weighted by Crippen LogP contribution is -2.51. The number of nitrogens with zero attached hydrogens (tertiary/aromatic N) is 2. The Balaban J connectivity index is 1.82. The predicted octanol–water partition coefficient (Wildman–Crippen LogP) is 0.455. The molecule has 2 aliphatic rings. The maximum atomic E-state index is 12.3. The highest BCUT2D eigenvalue weighted by molar-refractivity contribution is 5.83. The molecule has 2 amide bonds. The number of nitrogens with one attached hydrogen (secondary N) is 1. The molecule has 2 aliphatic heterocycles. The SMILES string of the molecule is CN(C)C(=O)C1CCN(C(=O)[C@H]2CCCCN2)CC1. The normalized spacial score (nSPS) is 25.2. The van der Waals surface area contributed by atoms with Crippen molar-refractivity contribution in [1.82, 2.24) is 15.1 Å². The Kier molecular flexibility index (Phi) is 4.80. The Morgan fingerprint density at radius 3 is 2.32 bits per heavy atom. The number of piperidine rings is 2. The third kappa shape index (κ3) is 3.47. The Bertz CT molecular complexity index is 330. The maximum absolute atomic E-state index is 12.3. The van der Waals surface area contributed by atoms with Crippen molar-refractivity contribution in [3.8, 4) is 0 Å². The van der Waals surface area contributed by atoms with Crippen LogP contribution in [0.25, 0.3) is 0 Å². The van der Waals surface area contributed by atoms with Crippen LogP contribution in [0, 0.1) is 5.92 Å². The van der Waals surface area contributed by atoms with Crippen LogP contribution in [-0.2, 0) is 9.59 Å². The summed E-state index contributed by atoms with van der Waals surface area (Å²) in [6.45, 7) is 2.40. The van der Waals surface area contributed by atoms with E-state index in [1.54, 1.807) is 19.0 Å². The van der Waals surface area contributed by atoms with Crippen molar-refractivity contribution in [2.75, 3.05) is 33.7 Å². The van der Waals surface area contributed by atoms with E-state index in [-0.39, 0.29) is 23.8 Å². The van der Waals surface area contributed by atoms with E-state index in [9.17, 15) is 9.59 Å². The quantitative estimate of drug-likeness (QED) is 0.790. The highest BCUT2D eigenvalue weighted by atomic mass is 16.2. The van der Waals surface area contributed by atoms with Crippen LogP contribution < -0.4 is 5.32 Å². The van der Waals surface area contributed by atoms with Gasteiger partial charge in [0.2, 0.25) is 11.8 Å². The van der Waals surface area contributed by atoms with E-state index in [0.717, 1.165) is 45.3 Å². The number of hydrogen-bond donors (Lipinski definition) is 1. The van der Waals surface area contributed by atoms with Crippen molar-refractivity contribution >= 4 is 11.8 Å². The summed E-state index contributed by atoms with van der Waals surface area (Å²) < 4.78 is 0. The lowest BCUT2D eigenvalue weighted by Gasteiger charge is -2.35. The Morgan fingerprint density at radius 1 is 1.11 bits per heavy atom. The summed E-state index contributed by atoms with van der Waals surface area (Å²) in [5.41, 5.74) is 0. The number of carbonyl (C=O) groups excluding carboxylic acids is 2. The molecule has 0 saturated carbocycles. The number of rotatable bonds is 2. The van der Waals surface area contributed by atoms with Gasteiger partial charge in [-0.2, -0.15) is 0 Å². The number of amides is 2. The van der Waals surface area contributed by atoms with Gasteiger partial charge < -0.3 is 15.1 Å². The molecule has 0 radical (unpaired) electrons. The lowest BCUT2D eigenvalue weighted by atomic mass is 9.94. The monoisotopic (exact) mass is 267 g/mol. The highest BCUT2D eigenvalue weighted by Gasteiger charge is 2.31. The molecule has 0 bridgehead atoms. The third-order valence-corrected chi connectivity index (χ3v) is 4.21. The fourth-order valence-electron chi connectivity index (χ4n) is 2.99. The predicted molar refractivity (Wildman–Crippen MR) is 73.6 cm³/mol. The summed E-state index contributed by atoms with van der Waals surface area (Å²) in [5, 5.41) is 3.30. The van der Waals surface area contributed by atoms with E-state index in [0.29, 0.717) is 0 Å². The van der Waals surface area contributed by atoms with E-state index in [1.807, 2.05) is 4.90 Å². The summed E-state index contributed by atoms with van der Waals surface area (Å²) in [4.78, 5) is 27.8. The molecule has 5 nitrogen and oxygen atoms in total. The van der Waals surface area contributed by atoms with Crippen molar-refractivity contribution in [2.45, 2.75) is 38.1 Å². The first-order valence-electron chi connectivity index (χ1n) is 7.33. The zero-order valence-corrected chi connectivity index (χ0v) is 12.0. The zero-order chi connectivity index (χ0) is 13.8. The van der Waals surface area contributed by atoms with Crippen molar-refractivity contribution in [2.24, 2.45) is 5.92 Å². The van der Waals surface area contributed by atoms with Gasteiger partial charge in [0.15, 0.2) is 0 Å². The van der Waals surface area contributed by atoms with E-state index in [4.69, 9.17) is 0 Å². The van der Waals surface area contributed by atoms with Crippen LogP contribution in [0.15, 0.2) is 0 Å². The smallest absolute Gasteiger partial charge is 0.239 e. The fourth-order valence-corrected chi connectivity index (χ4v) is 2.99. The molecule has 0 unspecified atom stereocenters. The molecular weight excluding hydrogens is 242 g/mol. The minimum Gasteiger partial charge on any atom is -0.349 e. The van der Waals surface area contributed by atoms with Crippen LogP contribution in [0.2, 0.25) is 0 Å². The van der Waals surface area contributed by atoms with Gasteiger partial charge in [-0.05, 0) is 32.2 Å². The van der Waals surface area contributed by atoms with Gasteiger partial charge in [0.25, 0.3) is 0 Å². The van der Waals surface area contributed by atoms with Crippen LogP contribution in [0.4, 0.5) is 0 Å². The van der Waals surface area contributed by atoms with Crippen molar-refractivity contribution in [1.29, 1.82) is 0 Å². The molecule has 1 atom stereocenters. The summed E-state index contributed by atoms with van der Waals surface area (Å²) in [6.07, 6.45) is 4.86. The lowest BCUT2D eigenvalue weighted by molar-refractivity contribution is -0.140. The minimum absolute atomic E-state index is 0.00912. The van der Waals surface area contributed by atoms with Crippen molar-refractivity contribution < 1.29 is 9.59 Å². The average Bonchev–Trinajstić information content (AvgIpc) is 2.46. The number of hydrogen-bond acceptors (Lipinski definition) is 3. The van der Waals surface area contributed by atoms with E-state index in [1.165, 1.54) is 6.42 Å². The Hall–Kier alpha value is -1.10. The molecular formula is C14H25N3O2. The zero-order valence-electron chi connectivity index (χ0n) is 12.0. The largest absolute Gasteiger partial charge is 0.349 e. The van der Waals surface area contributed by atoms with Crippen LogP contribution >= 0.6 is 0 Å². The summed E-state index contributed by atoms with van der Waals surface area (Å²) in [6, 6.07) is 0.00912. The molecule has 0 aromatic rings. The Labute approximate surface area is 115 Å². The molecule has 2 heterocycles. The van der Waals surface area contributed by atoms with Gasteiger partial charge >= 0.3 is 0 Å². The number of likely N-dealkylation sites (tertiary alicyclic amines) is 1. The average molecular weight is 267 g/mol. The molecule has 0 aromatic carbocycles. The molecule has 0 aliphatic carbocycles. The van der Waals surface area contributed by atoms with Crippen molar-refractivity contribution in [3.05, 3.63) is 0 Å². The third-order valence-electron chi connectivity index (χ3n) is 4.21. The second kappa shape index (κ2) is 6.37. The standard InChI is InChI=1S/C14H25N3O2/c1-16(2)13(18)11-6-9-17(10-7-11)14(19)12-5-3-4-8-15-12/h11-12,15H,3-10H2,1-2H3/t12-/m1/s1. The second-order valence-corrected chi connectivity index (χ2v) is 5.83. The van der Waals surface area contributed by atoms with Crippen LogP contribution in [0.5, 0.6) is 0 Å². The van der Waals surface area contributed by atoms with Gasteiger partial charge in [0.1, 0.15) is 0 Å². The second-order valence-electron chi connectivity index (χ2n) is 5.83. The van der Waals surface area contributed by atoms with Crippen LogP contribution in [0.3, 0.4) is 0 Å². The molecule has 108 valence electrons. The number of carbonyl (C=O) groups is 2.